The molecule has 4 N–H and O–H groups in total. The Labute approximate surface area is 174 Å². The number of benzene rings is 2. The predicted molar refractivity (Wildman–Crippen MR) is 106 cm³/mol. The quantitative estimate of drug-likeness (QED) is 0.344. The Hall–Kier alpha value is -2.40. The lowest BCUT2D eigenvalue weighted by Crippen LogP contribution is -2.60. The zero-order valence-electron chi connectivity index (χ0n) is 15.7. The van der Waals surface area contributed by atoms with Crippen LogP contribution >= 0.6 is 11.6 Å². The van der Waals surface area contributed by atoms with Crippen molar-refractivity contribution < 1.29 is 39.1 Å². The van der Waals surface area contributed by atoms with E-state index in [4.69, 9.17) is 30.2 Å². The molecule has 0 amide bonds. The second-order valence-electron chi connectivity index (χ2n) is 6.84. The largest absolute Gasteiger partial charge is 0.496 e. The van der Waals surface area contributed by atoms with Gasteiger partial charge in [0.25, 0.3) is 0 Å². The topological polar surface area (TPSA) is 139 Å². The number of halogens is 1. The van der Waals surface area contributed by atoms with Gasteiger partial charge >= 0.3 is 5.63 Å². The fraction of sp³-hybridized carbons (Fsp3) is 0.350. The van der Waals surface area contributed by atoms with Gasteiger partial charge in [0.05, 0.1) is 19.1 Å². The highest BCUT2D eigenvalue weighted by Gasteiger charge is 2.45. The van der Waals surface area contributed by atoms with Crippen molar-refractivity contribution in [2.45, 2.75) is 30.7 Å². The summed E-state index contributed by atoms with van der Waals surface area (Å²) >= 11 is 6.41. The lowest BCUT2D eigenvalue weighted by atomic mass is 9.99. The van der Waals surface area contributed by atoms with E-state index in [2.05, 4.69) is 0 Å². The maximum absolute atomic E-state index is 12.5. The van der Waals surface area contributed by atoms with Crippen LogP contribution < -0.4 is 15.1 Å². The smallest absolute Gasteiger partial charge is 0.344 e. The number of aliphatic hydroxyl groups is 4. The molecule has 1 fully saturated rings. The van der Waals surface area contributed by atoms with Crippen LogP contribution in [0.2, 0.25) is 5.02 Å². The minimum atomic E-state index is -1.61. The fourth-order valence-corrected chi connectivity index (χ4v) is 3.76. The molecule has 0 unspecified atom stereocenters. The highest BCUT2D eigenvalue weighted by Crippen LogP contribution is 2.39. The first kappa shape index (κ1) is 20.9. The van der Waals surface area contributed by atoms with Gasteiger partial charge in [-0.3, -0.25) is 0 Å². The van der Waals surface area contributed by atoms with Gasteiger partial charge in [0.2, 0.25) is 6.29 Å². The second-order valence-corrected chi connectivity index (χ2v) is 7.22. The van der Waals surface area contributed by atoms with Crippen molar-refractivity contribution in [3.8, 4) is 11.5 Å². The van der Waals surface area contributed by atoms with Crippen LogP contribution in [0.1, 0.15) is 0 Å². The average molecular weight is 439 g/mol. The summed E-state index contributed by atoms with van der Waals surface area (Å²) in [5.74, 6) is 0.468. The first-order chi connectivity index (χ1) is 14.4. The molecule has 1 aromatic heterocycles. The molecular weight excluding hydrogens is 420 g/mol. The van der Waals surface area contributed by atoms with Gasteiger partial charge in [-0.15, -0.1) is 0 Å². The van der Waals surface area contributed by atoms with Crippen LogP contribution in [-0.4, -0.2) is 64.8 Å². The molecule has 0 bridgehead atoms. The average Bonchev–Trinajstić information content (AvgIpc) is 2.76. The Bertz CT molecular complexity index is 1140. The van der Waals surface area contributed by atoms with E-state index < -0.39 is 42.9 Å². The molecule has 0 aliphatic carbocycles. The SMILES string of the molecule is COc1cccc2c(=O)oc3c(Cl)c(O[C@@H]4O[C@H](CO)[C@@H](O)[C@H](O)[C@H]4O)ccc3c12. The van der Waals surface area contributed by atoms with Crippen molar-refractivity contribution >= 4 is 33.3 Å². The Balaban J connectivity index is 1.79. The number of ether oxygens (including phenoxy) is 3. The van der Waals surface area contributed by atoms with Crippen LogP contribution in [0.4, 0.5) is 0 Å². The molecule has 30 heavy (non-hydrogen) atoms. The van der Waals surface area contributed by atoms with Crippen LogP contribution in [0, 0.1) is 0 Å². The molecule has 1 saturated heterocycles. The Morgan fingerprint density at radius 2 is 1.80 bits per heavy atom. The first-order valence-electron chi connectivity index (χ1n) is 9.06. The van der Waals surface area contributed by atoms with Gasteiger partial charge in [-0.2, -0.15) is 0 Å². The van der Waals surface area contributed by atoms with Crippen molar-refractivity contribution in [3.05, 3.63) is 45.8 Å². The zero-order valence-corrected chi connectivity index (χ0v) is 16.4. The Morgan fingerprint density at radius 3 is 2.50 bits per heavy atom. The summed E-state index contributed by atoms with van der Waals surface area (Å²) < 4.78 is 21.7. The predicted octanol–water partition coefficient (Wildman–Crippen LogP) is 0.787. The van der Waals surface area contributed by atoms with Crippen LogP contribution in [0.3, 0.4) is 0 Å². The van der Waals surface area contributed by atoms with Crippen molar-refractivity contribution in [1.29, 1.82) is 0 Å². The number of hydrogen-bond acceptors (Lipinski definition) is 9. The Morgan fingerprint density at radius 1 is 1.03 bits per heavy atom. The van der Waals surface area contributed by atoms with E-state index in [1.54, 1.807) is 24.3 Å². The summed E-state index contributed by atoms with van der Waals surface area (Å²) in [6.07, 6.45) is -7.31. The maximum Gasteiger partial charge on any atom is 0.344 e. The summed E-state index contributed by atoms with van der Waals surface area (Å²) in [7, 11) is 1.48. The number of rotatable bonds is 4. The molecular formula is C20H19ClO9. The summed E-state index contributed by atoms with van der Waals surface area (Å²) in [5, 5.41) is 40.6. The number of hydrogen-bond donors (Lipinski definition) is 4. The Kier molecular flexibility index (Phi) is 5.58. The van der Waals surface area contributed by atoms with E-state index in [0.717, 1.165) is 0 Å². The molecule has 0 spiro atoms. The monoisotopic (exact) mass is 438 g/mol. The third kappa shape index (κ3) is 3.29. The van der Waals surface area contributed by atoms with Gasteiger partial charge in [-0.05, 0) is 24.3 Å². The van der Waals surface area contributed by atoms with Gasteiger partial charge in [0.15, 0.2) is 5.58 Å². The van der Waals surface area contributed by atoms with Crippen LogP contribution in [-0.2, 0) is 4.74 Å². The standard InChI is InChI=1S/C20H19ClO9/c1-27-10-4-2-3-9-13(10)8-5-6-11(14(21)18(8)30-19(9)26)28-20-17(25)16(24)15(23)12(7-22)29-20/h2-6,12,15-17,20,22-25H,7H2,1H3/t12-,15-,16+,17-,20-/m1/s1. The van der Waals surface area contributed by atoms with Gasteiger partial charge in [0, 0.05) is 10.8 Å². The van der Waals surface area contributed by atoms with Crippen molar-refractivity contribution in [2.75, 3.05) is 13.7 Å². The highest BCUT2D eigenvalue weighted by molar-refractivity contribution is 6.37. The number of methoxy groups -OCH3 is 1. The van der Waals surface area contributed by atoms with Gasteiger partial charge < -0.3 is 39.1 Å². The molecule has 1 aliphatic heterocycles. The van der Waals surface area contributed by atoms with E-state index in [1.165, 1.54) is 13.2 Å². The van der Waals surface area contributed by atoms with E-state index in [1.807, 2.05) is 0 Å². The van der Waals surface area contributed by atoms with Crippen LogP contribution in [0.25, 0.3) is 21.7 Å². The van der Waals surface area contributed by atoms with Crippen molar-refractivity contribution in [1.82, 2.24) is 0 Å². The number of fused-ring (bicyclic) bond motifs is 3. The summed E-state index contributed by atoms with van der Waals surface area (Å²) in [6.45, 7) is -0.600. The van der Waals surface area contributed by atoms with Gasteiger partial charge in [-0.1, -0.05) is 17.7 Å². The molecule has 9 nitrogen and oxygen atoms in total. The minimum Gasteiger partial charge on any atom is -0.496 e. The normalized spacial score (nSPS) is 26.8. The minimum absolute atomic E-state index is 0.00546. The summed E-state index contributed by atoms with van der Waals surface area (Å²) in [6, 6.07) is 8.07. The van der Waals surface area contributed by atoms with Crippen LogP contribution in [0.15, 0.2) is 39.5 Å². The van der Waals surface area contributed by atoms with Crippen LogP contribution in [0.5, 0.6) is 11.5 Å². The molecule has 2 aromatic carbocycles. The van der Waals surface area contributed by atoms with Crippen molar-refractivity contribution in [3.63, 3.8) is 0 Å². The molecule has 3 aromatic rings. The lowest BCUT2D eigenvalue weighted by molar-refractivity contribution is -0.277. The number of aliphatic hydroxyl groups excluding tert-OH is 4. The maximum atomic E-state index is 12.5. The molecule has 0 saturated carbocycles. The molecule has 10 heteroatoms. The summed E-state index contributed by atoms with van der Waals surface area (Å²) in [4.78, 5) is 12.5. The third-order valence-electron chi connectivity index (χ3n) is 5.08. The van der Waals surface area contributed by atoms with Gasteiger partial charge in [-0.25, -0.2) is 4.79 Å². The van der Waals surface area contributed by atoms with E-state index in [0.29, 0.717) is 21.9 Å². The zero-order chi connectivity index (χ0) is 21.6. The van der Waals surface area contributed by atoms with E-state index in [-0.39, 0.29) is 16.4 Å². The molecule has 2 heterocycles. The van der Waals surface area contributed by atoms with Gasteiger partial charge in [0.1, 0.15) is 40.9 Å². The molecule has 1 aliphatic rings. The summed E-state index contributed by atoms with van der Waals surface area (Å²) in [5.41, 5.74) is -0.580. The van der Waals surface area contributed by atoms with Crippen molar-refractivity contribution in [2.24, 2.45) is 0 Å². The van der Waals surface area contributed by atoms with E-state index >= 15 is 0 Å². The first-order valence-corrected chi connectivity index (χ1v) is 9.44. The fourth-order valence-electron chi connectivity index (χ4n) is 3.51. The molecule has 160 valence electrons. The molecule has 5 atom stereocenters. The second kappa shape index (κ2) is 8.03. The highest BCUT2D eigenvalue weighted by atomic mass is 35.5. The molecule has 0 radical (unpaired) electrons. The molecule has 4 rings (SSSR count). The van der Waals surface area contributed by atoms with E-state index in [9.17, 15) is 25.2 Å². The lowest BCUT2D eigenvalue weighted by Gasteiger charge is -2.39. The third-order valence-corrected chi connectivity index (χ3v) is 5.44.